The van der Waals surface area contributed by atoms with Gasteiger partial charge in [0, 0.05) is 11.1 Å². The van der Waals surface area contributed by atoms with Gasteiger partial charge in [-0.05, 0) is 108 Å². The summed E-state index contributed by atoms with van der Waals surface area (Å²) in [5.41, 5.74) is 5.74. The highest BCUT2D eigenvalue weighted by molar-refractivity contribution is 5.25. The maximum atomic E-state index is 12.6. The maximum absolute atomic E-state index is 12.6. The molecule has 0 radical (unpaired) electrons. The highest BCUT2D eigenvalue weighted by atomic mass is 19.1. The monoisotopic (exact) mass is 514 g/mol. The summed E-state index contributed by atoms with van der Waals surface area (Å²) in [6.07, 6.45) is 0. The molecule has 0 N–H and O–H groups in total. The Labute approximate surface area is 217 Å². The standard InChI is InChI=1S/2C8H8F2.C8H9F.C8H10/c2*1-5-3-7(9)6(2)8(10)4-5;1-6-3-4-7(2)8(9)5-6;1-7-3-5-8(2)6-4-7/h2*3-4H,1-2H3;3-5H,1-2H3;3-6H,1-2H3. The SMILES string of the molecule is Cc1cc(F)c(C)c(F)c1.Cc1cc(F)c(C)c(F)c1.Cc1ccc(C)c(F)c1.Cc1ccc(C)cc1. The van der Waals surface area contributed by atoms with Crippen molar-refractivity contribution in [2.24, 2.45) is 0 Å². The average molecular weight is 515 g/mol. The lowest BCUT2D eigenvalue weighted by Crippen LogP contribution is -1.89. The molecule has 4 aromatic carbocycles. The van der Waals surface area contributed by atoms with E-state index in [0.29, 0.717) is 16.7 Å². The molecular formula is C32H35F5. The fraction of sp³-hybridized carbons (Fsp3) is 0.250. The lowest BCUT2D eigenvalue weighted by molar-refractivity contribution is 0.565. The Bertz CT molecular complexity index is 1170. The van der Waals surface area contributed by atoms with Crippen LogP contribution in [-0.2, 0) is 0 Å². The van der Waals surface area contributed by atoms with Gasteiger partial charge in [-0.25, -0.2) is 22.0 Å². The van der Waals surface area contributed by atoms with Crippen molar-refractivity contribution >= 4 is 0 Å². The minimum absolute atomic E-state index is 0.0885. The second kappa shape index (κ2) is 14.9. The van der Waals surface area contributed by atoms with Gasteiger partial charge in [-0.1, -0.05) is 47.5 Å². The van der Waals surface area contributed by atoms with Crippen LogP contribution in [0.3, 0.4) is 0 Å². The van der Waals surface area contributed by atoms with Gasteiger partial charge in [0.2, 0.25) is 0 Å². The zero-order valence-electron chi connectivity index (χ0n) is 22.7. The molecule has 0 saturated carbocycles. The largest absolute Gasteiger partial charge is 0.207 e. The number of rotatable bonds is 0. The molecule has 0 spiro atoms. The van der Waals surface area contributed by atoms with Gasteiger partial charge >= 0.3 is 0 Å². The molecule has 0 aliphatic heterocycles. The van der Waals surface area contributed by atoms with Crippen molar-refractivity contribution < 1.29 is 22.0 Å². The number of halogens is 5. The highest BCUT2D eigenvalue weighted by Crippen LogP contribution is 2.13. The second-order valence-electron chi connectivity index (χ2n) is 9.11. The van der Waals surface area contributed by atoms with E-state index in [1.54, 1.807) is 26.8 Å². The number of benzene rings is 4. The van der Waals surface area contributed by atoms with Crippen molar-refractivity contribution in [3.63, 3.8) is 0 Å². The molecule has 0 amide bonds. The molecular weight excluding hydrogens is 479 g/mol. The van der Waals surface area contributed by atoms with Crippen LogP contribution in [0.4, 0.5) is 22.0 Å². The van der Waals surface area contributed by atoms with Crippen LogP contribution >= 0.6 is 0 Å². The predicted octanol–water partition coefficient (Wildman–Crippen LogP) is 9.91. The summed E-state index contributed by atoms with van der Waals surface area (Å²) in [7, 11) is 0. The van der Waals surface area contributed by atoms with Gasteiger partial charge < -0.3 is 0 Å². The lowest BCUT2D eigenvalue weighted by Gasteiger charge is -1.98. The Hall–Kier alpha value is -3.47. The van der Waals surface area contributed by atoms with Crippen molar-refractivity contribution in [1.29, 1.82) is 0 Å². The van der Waals surface area contributed by atoms with Crippen LogP contribution in [0.2, 0.25) is 0 Å². The van der Waals surface area contributed by atoms with E-state index in [1.165, 1.54) is 55.3 Å². The van der Waals surface area contributed by atoms with Crippen molar-refractivity contribution in [2.45, 2.75) is 55.4 Å². The highest BCUT2D eigenvalue weighted by Gasteiger charge is 2.03. The zero-order chi connectivity index (χ0) is 28.3. The third-order valence-electron chi connectivity index (χ3n) is 5.40. The summed E-state index contributed by atoms with van der Waals surface area (Å²) in [6.45, 7) is 14.0. The van der Waals surface area contributed by atoms with Gasteiger partial charge in [0.25, 0.3) is 0 Å². The van der Waals surface area contributed by atoms with E-state index < -0.39 is 23.3 Å². The van der Waals surface area contributed by atoms with E-state index in [0.717, 1.165) is 5.56 Å². The van der Waals surface area contributed by atoms with E-state index in [4.69, 9.17) is 0 Å². The van der Waals surface area contributed by atoms with Crippen molar-refractivity contribution in [2.75, 3.05) is 0 Å². The van der Waals surface area contributed by atoms with E-state index in [-0.39, 0.29) is 16.9 Å². The van der Waals surface area contributed by atoms with Crippen LogP contribution in [0.5, 0.6) is 0 Å². The Morgan fingerprint density at radius 3 is 0.865 bits per heavy atom. The molecule has 5 heteroatoms. The van der Waals surface area contributed by atoms with Gasteiger partial charge in [-0.15, -0.1) is 0 Å². The van der Waals surface area contributed by atoms with Crippen LogP contribution in [0.25, 0.3) is 0 Å². The third kappa shape index (κ3) is 11.4. The quantitative estimate of drug-likeness (QED) is 0.205. The van der Waals surface area contributed by atoms with E-state index >= 15 is 0 Å². The minimum atomic E-state index is -0.475. The Balaban J connectivity index is 0.000000248. The van der Waals surface area contributed by atoms with Crippen molar-refractivity contribution in [3.05, 3.63) is 140 Å². The fourth-order valence-electron chi connectivity index (χ4n) is 2.88. The average Bonchev–Trinajstić information content (AvgIpc) is 2.81. The first kappa shape index (κ1) is 31.6. The van der Waals surface area contributed by atoms with Crippen LogP contribution < -0.4 is 0 Å². The third-order valence-corrected chi connectivity index (χ3v) is 5.40. The first-order valence-corrected chi connectivity index (χ1v) is 11.8. The Morgan fingerprint density at radius 1 is 0.324 bits per heavy atom. The van der Waals surface area contributed by atoms with Crippen LogP contribution in [0, 0.1) is 84.5 Å². The van der Waals surface area contributed by atoms with E-state index in [2.05, 4.69) is 38.1 Å². The molecule has 0 atom stereocenters. The molecule has 0 aliphatic rings. The summed E-state index contributed by atoms with van der Waals surface area (Å²) in [4.78, 5) is 0. The number of hydrogen-bond acceptors (Lipinski definition) is 0. The molecule has 0 aliphatic carbocycles. The van der Waals surface area contributed by atoms with E-state index in [9.17, 15) is 22.0 Å². The Kier molecular flexibility index (Phi) is 12.7. The molecule has 0 aromatic heterocycles. The summed E-state index contributed by atoms with van der Waals surface area (Å²) in [5, 5.41) is 0. The van der Waals surface area contributed by atoms with Crippen LogP contribution in [-0.4, -0.2) is 0 Å². The molecule has 0 heterocycles. The van der Waals surface area contributed by atoms with E-state index in [1.807, 2.05) is 13.0 Å². The first-order valence-electron chi connectivity index (χ1n) is 11.8. The first-order chi connectivity index (χ1) is 17.2. The fourth-order valence-corrected chi connectivity index (χ4v) is 2.88. The van der Waals surface area contributed by atoms with Crippen LogP contribution in [0.1, 0.15) is 44.5 Å². The molecule has 0 fully saturated rings. The molecule has 4 rings (SSSR count). The summed E-state index contributed by atoms with van der Waals surface area (Å²) in [5.74, 6) is -2.01. The smallest absolute Gasteiger partial charge is 0.129 e. The summed E-state index contributed by atoms with van der Waals surface area (Å²) >= 11 is 0. The van der Waals surface area contributed by atoms with Gasteiger partial charge in [-0.3, -0.25) is 0 Å². The van der Waals surface area contributed by atoms with Crippen LogP contribution in [0.15, 0.2) is 66.7 Å². The number of aryl methyl sites for hydroxylation is 6. The maximum Gasteiger partial charge on any atom is 0.129 e. The molecule has 0 nitrogen and oxygen atoms in total. The van der Waals surface area contributed by atoms with Crippen molar-refractivity contribution in [1.82, 2.24) is 0 Å². The predicted molar refractivity (Wildman–Crippen MR) is 143 cm³/mol. The lowest BCUT2D eigenvalue weighted by atomic mass is 10.1. The summed E-state index contributed by atoms with van der Waals surface area (Å²) in [6, 6.07) is 19.0. The molecule has 37 heavy (non-hydrogen) atoms. The minimum Gasteiger partial charge on any atom is -0.207 e. The van der Waals surface area contributed by atoms with Crippen molar-refractivity contribution in [3.8, 4) is 0 Å². The zero-order valence-corrected chi connectivity index (χ0v) is 22.7. The Morgan fingerprint density at radius 2 is 0.595 bits per heavy atom. The molecule has 198 valence electrons. The molecule has 0 unspecified atom stereocenters. The normalized spacial score (nSPS) is 9.76. The van der Waals surface area contributed by atoms with Gasteiger partial charge in [0.15, 0.2) is 0 Å². The van der Waals surface area contributed by atoms with Gasteiger partial charge in [0.1, 0.15) is 29.1 Å². The molecule has 0 saturated heterocycles. The topological polar surface area (TPSA) is 0 Å². The second-order valence-corrected chi connectivity index (χ2v) is 9.11. The van der Waals surface area contributed by atoms with Gasteiger partial charge in [0.05, 0.1) is 0 Å². The molecule has 4 aromatic rings. The number of hydrogen-bond donors (Lipinski definition) is 0. The van der Waals surface area contributed by atoms with Gasteiger partial charge in [-0.2, -0.15) is 0 Å². The molecule has 0 bridgehead atoms. The summed E-state index contributed by atoms with van der Waals surface area (Å²) < 4.78 is 63.0.